The first-order valence-corrected chi connectivity index (χ1v) is 7.72. The van der Waals surface area contributed by atoms with Crippen molar-refractivity contribution in [2.45, 2.75) is 20.4 Å². The van der Waals surface area contributed by atoms with Crippen LogP contribution in [0.15, 0.2) is 22.0 Å². The van der Waals surface area contributed by atoms with E-state index in [9.17, 15) is 9.59 Å². The first-order chi connectivity index (χ1) is 9.47. The summed E-state index contributed by atoms with van der Waals surface area (Å²) in [5, 5.41) is 2.87. The molecular formula is C14H11BrN2O2S. The molecule has 1 aromatic carbocycles. The summed E-state index contributed by atoms with van der Waals surface area (Å²) in [4.78, 5) is 30.1. The molecule has 0 saturated carbocycles. The predicted molar refractivity (Wildman–Crippen MR) is 81.3 cm³/mol. The van der Waals surface area contributed by atoms with Gasteiger partial charge in [-0.3, -0.25) is 14.5 Å². The zero-order valence-corrected chi connectivity index (χ0v) is 13.3. The Morgan fingerprint density at radius 3 is 2.70 bits per heavy atom. The standard InChI is InChI=1S/C14H11BrN2O2S/c1-7-3-9(15)4-11-12(7)17(14(19)13(11)18)5-10-6-20-8(2)16-10/h3-4,6H,5H2,1-2H3. The second kappa shape index (κ2) is 4.79. The molecule has 0 fully saturated rings. The van der Waals surface area contributed by atoms with Gasteiger partial charge in [-0.25, -0.2) is 4.98 Å². The fourth-order valence-corrected chi connectivity index (χ4v) is 3.58. The third-order valence-corrected chi connectivity index (χ3v) is 4.49. The third kappa shape index (κ3) is 2.09. The fourth-order valence-electron chi connectivity index (χ4n) is 2.40. The van der Waals surface area contributed by atoms with Gasteiger partial charge < -0.3 is 0 Å². The molecule has 2 heterocycles. The van der Waals surface area contributed by atoms with Crippen molar-refractivity contribution in [3.63, 3.8) is 0 Å². The number of hydrogen-bond donors (Lipinski definition) is 0. The zero-order valence-electron chi connectivity index (χ0n) is 10.9. The van der Waals surface area contributed by atoms with Gasteiger partial charge in [0.2, 0.25) is 0 Å². The van der Waals surface area contributed by atoms with Gasteiger partial charge in [0.1, 0.15) is 0 Å². The van der Waals surface area contributed by atoms with E-state index in [0.717, 1.165) is 20.7 Å². The number of aryl methyl sites for hydroxylation is 2. The zero-order chi connectivity index (χ0) is 14.4. The Hall–Kier alpha value is -1.53. The number of hydrogen-bond acceptors (Lipinski definition) is 4. The highest BCUT2D eigenvalue weighted by molar-refractivity contribution is 9.10. The van der Waals surface area contributed by atoms with Crippen molar-refractivity contribution in [3.05, 3.63) is 43.8 Å². The van der Waals surface area contributed by atoms with Crippen LogP contribution >= 0.6 is 27.3 Å². The van der Waals surface area contributed by atoms with Gasteiger partial charge in [-0.1, -0.05) is 15.9 Å². The molecule has 0 unspecified atom stereocenters. The van der Waals surface area contributed by atoms with E-state index in [0.29, 0.717) is 17.8 Å². The van der Waals surface area contributed by atoms with Crippen LogP contribution in [0.1, 0.15) is 26.6 Å². The number of nitrogens with zero attached hydrogens (tertiary/aromatic N) is 2. The van der Waals surface area contributed by atoms with Crippen molar-refractivity contribution in [1.29, 1.82) is 0 Å². The van der Waals surface area contributed by atoms with Crippen molar-refractivity contribution >= 4 is 44.6 Å². The van der Waals surface area contributed by atoms with Gasteiger partial charge in [-0.05, 0) is 31.5 Å². The molecule has 0 spiro atoms. The number of carbonyl (C=O) groups excluding carboxylic acids is 2. The fraction of sp³-hybridized carbons (Fsp3) is 0.214. The maximum Gasteiger partial charge on any atom is 0.299 e. The Morgan fingerprint density at radius 1 is 1.30 bits per heavy atom. The number of carbonyl (C=O) groups is 2. The lowest BCUT2D eigenvalue weighted by atomic mass is 10.1. The average molecular weight is 351 g/mol. The topological polar surface area (TPSA) is 50.3 Å². The molecule has 1 aliphatic rings. The number of aromatic nitrogens is 1. The van der Waals surface area contributed by atoms with Crippen molar-refractivity contribution in [2.24, 2.45) is 0 Å². The maximum absolute atomic E-state index is 12.2. The van der Waals surface area contributed by atoms with Gasteiger partial charge in [-0.15, -0.1) is 11.3 Å². The lowest BCUT2D eigenvalue weighted by Gasteiger charge is -2.17. The van der Waals surface area contributed by atoms with Crippen molar-refractivity contribution in [1.82, 2.24) is 4.98 Å². The normalized spacial score (nSPS) is 14.1. The van der Waals surface area contributed by atoms with E-state index in [1.807, 2.05) is 25.3 Å². The largest absolute Gasteiger partial charge is 0.299 e. The summed E-state index contributed by atoms with van der Waals surface area (Å²) in [6.45, 7) is 4.15. The van der Waals surface area contributed by atoms with Gasteiger partial charge in [0.05, 0.1) is 28.5 Å². The minimum Gasteiger partial charge on any atom is -0.298 e. The summed E-state index contributed by atoms with van der Waals surface area (Å²) in [5.74, 6) is -0.928. The molecule has 1 aliphatic heterocycles. The molecule has 3 rings (SSSR count). The Bertz CT molecular complexity index is 739. The predicted octanol–water partition coefficient (Wildman–Crippen LogP) is 3.25. The highest BCUT2D eigenvalue weighted by atomic mass is 79.9. The number of halogens is 1. The minimum absolute atomic E-state index is 0.338. The summed E-state index contributed by atoms with van der Waals surface area (Å²) in [7, 11) is 0. The van der Waals surface area contributed by atoms with Crippen LogP contribution in [0.25, 0.3) is 0 Å². The Labute approximate surface area is 128 Å². The van der Waals surface area contributed by atoms with Gasteiger partial charge in [0, 0.05) is 9.85 Å². The van der Waals surface area contributed by atoms with E-state index in [4.69, 9.17) is 0 Å². The van der Waals surface area contributed by atoms with Crippen LogP contribution < -0.4 is 4.90 Å². The van der Waals surface area contributed by atoms with Crippen LogP contribution in [-0.2, 0) is 11.3 Å². The molecule has 0 saturated heterocycles. The van der Waals surface area contributed by atoms with E-state index >= 15 is 0 Å². The van der Waals surface area contributed by atoms with Crippen LogP contribution in [0.4, 0.5) is 5.69 Å². The van der Waals surface area contributed by atoms with Crippen LogP contribution in [0, 0.1) is 13.8 Å². The molecule has 1 amide bonds. The quantitative estimate of drug-likeness (QED) is 0.781. The molecule has 20 heavy (non-hydrogen) atoms. The SMILES string of the molecule is Cc1nc(CN2C(=O)C(=O)c3cc(Br)cc(C)c32)cs1. The molecule has 6 heteroatoms. The summed E-state index contributed by atoms with van der Waals surface area (Å²) in [6, 6.07) is 3.61. The van der Waals surface area contributed by atoms with E-state index in [2.05, 4.69) is 20.9 Å². The van der Waals surface area contributed by atoms with E-state index in [-0.39, 0.29) is 0 Å². The molecule has 4 nitrogen and oxygen atoms in total. The number of fused-ring (bicyclic) bond motifs is 1. The van der Waals surface area contributed by atoms with Crippen LogP contribution in [0.5, 0.6) is 0 Å². The maximum atomic E-state index is 12.2. The summed E-state index contributed by atoms with van der Waals surface area (Å²) in [5.41, 5.74) is 2.88. The van der Waals surface area contributed by atoms with Gasteiger partial charge >= 0.3 is 0 Å². The molecule has 102 valence electrons. The smallest absolute Gasteiger partial charge is 0.298 e. The lowest BCUT2D eigenvalue weighted by molar-refractivity contribution is -0.114. The number of rotatable bonds is 2. The average Bonchev–Trinajstić information content (AvgIpc) is 2.88. The number of thiazole rings is 1. The van der Waals surface area contributed by atoms with Gasteiger partial charge in [0.25, 0.3) is 11.7 Å². The second-order valence-electron chi connectivity index (χ2n) is 4.70. The molecular weight excluding hydrogens is 340 g/mol. The van der Waals surface area contributed by atoms with E-state index in [1.54, 1.807) is 6.07 Å². The molecule has 0 radical (unpaired) electrons. The first-order valence-electron chi connectivity index (χ1n) is 6.04. The van der Waals surface area contributed by atoms with E-state index in [1.165, 1.54) is 16.2 Å². The molecule has 0 bridgehead atoms. The minimum atomic E-state index is -0.480. The monoisotopic (exact) mass is 350 g/mol. The number of Topliss-reactive ketones (excluding diaryl/α,β-unsaturated/α-hetero) is 1. The number of anilines is 1. The van der Waals surface area contributed by atoms with Gasteiger partial charge in [-0.2, -0.15) is 0 Å². The molecule has 0 atom stereocenters. The number of benzene rings is 1. The number of amides is 1. The first kappa shape index (κ1) is 13.5. The third-order valence-electron chi connectivity index (χ3n) is 3.21. The Balaban J connectivity index is 2.06. The van der Waals surface area contributed by atoms with Crippen LogP contribution in [-0.4, -0.2) is 16.7 Å². The Kier molecular flexibility index (Phi) is 3.22. The van der Waals surface area contributed by atoms with E-state index < -0.39 is 11.7 Å². The molecule has 1 aromatic heterocycles. The molecule has 0 N–H and O–H groups in total. The highest BCUT2D eigenvalue weighted by Crippen LogP contribution is 2.35. The lowest BCUT2D eigenvalue weighted by Crippen LogP contribution is -2.29. The molecule has 2 aromatic rings. The molecule has 0 aliphatic carbocycles. The van der Waals surface area contributed by atoms with Crippen molar-refractivity contribution in [2.75, 3.05) is 4.90 Å². The van der Waals surface area contributed by atoms with Gasteiger partial charge in [0.15, 0.2) is 0 Å². The highest BCUT2D eigenvalue weighted by Gasteiger charge is 2.37. The summed E-state index contributed by atoms with van der Waals surface area (Å²) in [6.07, 6.45) is 0. The summed E-state index contributed by atoms with van der Waals surface area (Å²) < 4.78 is 0.807. The van der Waals surface area contributed by atoms with Crippen molar-refractivity contribution < 1.29 is 9.59 Å². The van der Waals surface area contributed by atoms with Crippen molar-refractivity contribution in [3.8, 4) is 0 Å². The van der Waals surface area contributed by atoms with Crippen LogP contribution in [0.2, 0.25) is 0 Å². The second-order valence-corrected chi connectivity index (χ2v) is 6.68. The Morgan fingerprint density at radius 2 is 2.05 bits per heavy atom. The van der Waals surface area contributed by atoms with Crippen LogP contribution in [0.3, 0.4) is 0 Å². The summed E-state index contributed by atoms with van der Waals surface area (Å²) >= 11 is 4.90. The number of ketones is 1.